The first-order valence-electron chi connectivity index (χ1n) is 9.43. The predicted octanol–water partition coefficient (Wildman–Crippen LogP) is 5.10. The first-order chi connectivity index (χ1) is 14.1. The van der Waals surface area contributed by atoms with Gasteiger partial charge in [0.15, 0.2) is 0 Å². The summed E-state index contributed by atoms with van der Waals surface area (Å²) in [5, 5.41) is 2.88. The molecule has 1 heterocycles. The number of amides is 1. The van der Waals surface area contributed by atoms with Crippen LogP contribution in [0.15, 0.2) is 66.7 Å². The van der Waals surface area contributed by atoms with E-state index in [0.717, 1.165) is 22.4 Å². The van der Waals surface area contributed by atoms with Gasteiger partial charge in [-0.25, -0.2) is 4.98 Å². The van der Waals surface area contributed by atoms with Gasteiger partial charge in [-0.05, 0) is 54.6 Å². The Hall–Kier alpha value is -3.80. The van der Waals surface area contributed by atoms with Crippen LogP contribution in [-0.4, -0.2) is 23.0 Å². The van der Waals surface area contributed by atoms with Gasteiger partial charge in [0.25, 0.3) is 5.91 Å². The fraction of sp³-hybridized carbons (Fsp3) is 0.130. The quantitative estimate of drug-likeness (QED) is 0.424. The van der Waals surface area contributed by atoms with Crippen LogP contribution in [0.1, 0.15) is 24.2 Å². The number of nitrogen functional groups attached to an aromatic ring is 1. The topological polar surface area (TPSA) is 93.0 Å². The Morgan fingerprint density at radius 1 is 1.03 bits per heavy atom. The molecule has 1 amide bonds. The van der Waals surface area contributed by atoms with E-state index in [4.69, 9.17) is 10.5 Å². The van der Waals surface area contributed by atoms with Crippen molar-refractivity contribution < 1.29 is 9.53 Å². The standard InChI is InChI=1S/C21H18N4O2.C2H6/c1-27-17-4-2-3-16(12-17)23-21(26)14-7-10-18-19(11-14)25-20(24-18)13-5-8-15(22)9-6-13;1-2/h2-12H,22H2,1H3,(H,23,26)(H,24,25);1-2H3. The highest BCUT2D eigenvalue weighted by Crippen LogP contribution is 2.23. The molecule has 0 aliphatic heterocycles. The summed E-state index contributed by atoms with van der Waals surface area (Å²) in [7, 11) is 1.59. The van der Waals surface area contributed by atoms with Crippen LogP contribution >= 0.6 is 0 Å². The zero-order valence-electron chi connectivity index (χ0n) is 16.7. The maximum atomic E-state index is 12.6. The third kappa shape index (κ3) is 4.55. The first kappa shape index (κ1) is 19.9. The molecule has 6 heteroatoms. The second-order valence-corrected chi connectivity index (χ2v) is 6.13. The molecular weight excluding hydrogens is 364 g/mol. The number of aromatic nitrogens is 2. The number of rotatable bonds is 4. The molecule has 148 valence electrons. The third-order valence-electron chi connectivity index (χ3n) is 4.26. The lowest BCUT2D eigenvalue weighted by atomic mass is 10.2. The van der Waals surface area contributed by atoms with E-state index in [1.54, 1.807) is 25.3 Å². The van der Waals surface area contributed by atoms with Crippen LogP contribution in [0.3, 0.4) is 0 Å². The van der Waals surface area contributed by atoms with E-state index in [1.165, 1.54) is 0 Å². The molecule has 0 aliphatic carbocycles. The minimum Gasteiger partial charge on any atom is -0.497 e. The molecule has 0 atom stereocenters. The molecule has 4 rings (SSSR count). The number of hydrogen-bond donors (Lipinski definition) is 3. The molecular formula is C23H24N4O2. The molecule has 6 nitrogen and oxygen atoms in total. The van der Waals surface area contributed by atoms with Gasteiger partial charge >= 0.3 is 0 Å². The van der Waals surface area contributed by atoms with Crippen LogP contribution in [0.2, 0.25) is 0 Å². The van der Waals surface area contributed by atoms with Gasteiger partial charge in [0, 0.05) is 28.6 Å². The summed E-state index contributed by atoms with van der Waals surface area (Å²) in [6.45, 7) is 4.00. The first-order valence-corrected chi connectivity index (χ1v) is 9.43. The number of nitrogens with two attached hydrogens (primary N) is 1. The molecule has 0 unspecified atom stereocenters. The van der Waals surface area contributed by atoms with Crippen molar-refractivity contribution >= 4 is 28.3 Å². The number of fused-ring (bicyclic) bond motifs is 1. The number of hydrogen-bond acceptors (Lipinski definition) is 4. The normalized spacial score (nSPS) is 10.2. The summed E-state index contributed by atoms with van der Waals surface area (Å²) in [6.07, 6.45) is 0. The van der Waals surface area contributed by atoms with Crippen LogP contribution in [0.4, 0.5) is 11.4 Å². The summed E-state index contributed by atoms with van der Waals surface area (Å²) < 4.78 is 5.18. The summed E-state index contributed by atoms with van der Waals surface area (Å²) >= 11 is 0. The molecule has 0 radical (unpaired) electrons. The van der Waals surface area contributed by atoms with Crippen molar-refractivity contribution in [3.63, 3.8) is 0 Å². The van der Waals surface area contributed by atoms with Crippen molar-refractivity contribution in [3.8, 4) is 17.1 Å². The lowest BCUT2D eigenvalue weighted by molar-refractivity contribution is 0.102. The van der Waals surface area contributed by atoms with E-state index in [-0.39, 0.29) is 5.91 Å². The van der Waals surface area contributed by atoms with E-state index >= 15 is 0 Å². The number of ether oxygens (including phenoxy) is 1. The van der Waals surface area contributed by atoms with E-state index in [2.05, 4.69) is 15.3 Å². The number of nitrogens with one attached hydrogen (secondary N) is 2. The van der Waals surface area contributed by atoms with Crippen molar-refractivity contribution in [2.75, 3.05) is 18.2 Å². The number of benzene rings is 3. The Morgan fingerprint density at radius 2 is 1.79 bits per heavy atom. The van der Waals surface area contributed by atoms with Gasteiger partial charge < -0.3 is 20.8 Å². The molecule has 0 bridgehead atoms. The molecule has 0 fully saturated rings. The van der Waals surface area contributed by atoms with Gasteiger partial charge in [-0.1, -0.05) is 19.9 Å². The van der Waals surface area contributed by atoms with Gasteiger partial charge in [-0.2, -0.15) is 0 Å². The Morgan fingerprint density at radius 3 is 2.52 bits per heavy atom. The maximum Gasteiger partial charge on any atom is 0.255 e. The molecule has 1 aromatic heterocycles. The number of H-pyrrole nitrogens is 1. The van der Waals surface area contributed by atoms with Gasteiger partial charge in [0.1, 0.15) is 11.6 Å². The second-order valence-electron chi connectivity index (χ2n) is 6.13. The number of methoxy groups -OCH3 is 1. The van der Waals surface area contributed by atoms with E-state index < -0.39 is 0 Å². The number of carbonyl (C=O) groups excluding carboxylic acids is 1. The number of imidazole rings is 1. The van der Waals surface area contributed by atoms with Crippen LogP contribution < -0.4 is 15.8 Å². The van der Waals surface area contributed by atoms with Crippen molar-refractivity contribution in [1.29, 1.82) is 0 Å². The van der Waals surface area contributed by atoms with Crippen molar-refractivity contribution in [3.05, 3.63) is 72.3 Å². The summed E-state index contributed by atoms with van der Waals surface area (Å²) in [5.41, 5.74) is 10.2. The highest BCUT2D eigenvalue weighted by Gasteiger charge is 2.11. The molecule has 4 N–H and O–H groups in total. The molecule has 0 spiro atoms. The number of aromatic amines is 1. The summed E-state index contributed by atoms with van der Waals surface area (Å²) in [5.74, 6) is 1.22. The molecule has 0 aliphatic rings. The Bertz CT molecular complexity index is 1120. The van der Waals surface area contributed by atoms with Crippen LogP contribution in [-0.2, 0) is 0 Å². The summed E-state index contributed by atoms with van der Waals surface area (Å²) in [6, 6.07) is 20.1. The van der Waals surface area contributed by atoms with E-state index in [0.29, 0.717) is 22.7 Å². The van der Waals surface area contributed by atoms with Gasteiger partial charge in [0.2, 0.25) is 0 Å². The molecule has 29 heavy (non-hydrogen) atoms. The Labute approximate surface area is 169 Å². The average Bonchev–Trinajstić information content (AvgIpc) is 3.19. The lowest BCUT2D eigenvalue weighted by Crippen LogP contribution is -2.11. The predicted molar refractivity (Wildman–Crippen MR) is 118 cm³/mol. The minimum atomic E-state index is -0.200. The number of anilines is 2. The second kappa shape index (κ2) is 8.93. The zero-order chi connectivity index (χ0) is 20.8. The highest BCUT2D eigenvalue weighted by molar-refractivity contribution is 6.06. The zero-order valence-corrected chi connectivity index (χ0v) is 16.7. The minimum absolute atomic E-state index is 0.200. The molecule has 0 saturated heterocycles. The third-order valence-corrected chi connectivity index (χ3v) is 4.26. The monoisotopic (exact) mass is 388 g/mol. The van der Waals surface area contributed by atoms with Gasteiger partial charge in [0.05, 0.1) is 18.1 Å². The number of carbonyl (C=O) groups is 1. The largest absolute Gasteiger partial charge is 0.497 e. The molecule has 4 aromatic rings. The lowest BCUT2D eigenvalue weighted by Gasteiger charge is -2.07. The molecule has 0 saturated carbocycles. The average molecular weight is 388 g/mol. The van der Waals surface area contributed by atoms with Crippen molar-refractivity contribution in [2.45, 2.75) is 13.8 Å². The smallest absolute Gasteiger partial charge is 0.255 e. The van der Waals surface area contributed by atoms with Gasteiger partial charge in [-0.3, -0.25) is 4.79 Å². The Balaban J connectivity index is 0.00000117. The summed E-state index contributed by atoms with van der Waals surface area (Å²) in [4.78, 5) is 20.4. The fourth-order valence-electron chi connectivity index (χ4n) is 2.83. The van der Waals surface area contributed by atoms with Crippen molar-refractivity contribution in [2.24, 2.45) is 0 Å². The van der Waals surface area contributed by atoms with Crippen LogP contribution in [0.5, 0.6) is 5.75 Å². The highest BCUT2D eigenvalue weighted by atomic mass is 16.5. The fourth-order valence-corrected chi connectivity index (χ4v) is 2.83. The van der Waals surface area contributed by atoms with Crippen LogP contribution in [0, 0.1) is 0 Å². The van der Waals surface area contributed by atoms with Crippen molar-refractivity contribution in [1.82, 2.24) is 9.97 Å². The Kier molecular flexibility index (Phi) is 6.14. The van der Waals surface area contributed by atoms with Gasteiger partial charge in [-0.15, -0.1) is 0 Å². The number of nitrogens with zero attached hydrogens (tertiary/aromatic N) is 1. The van der Waals surface area contributed by atoms with E-state index in [9.17, 15) is 4.79 Å². The van der Waals surface area contributed by atoms with E-state index in [1.807, 2.05) is 62.4 Å². The van der Waals surface area contributed by atoms with Crippen LogP contribution in [0.25, 0.3) is 22.4 Å². The maximum absolute atomic E-state index is 12.6. The SMILES string of the molecule is CC.COc1cccc(NC(=O)c2ccc3nc(-c4ccc(N)cc4)[nH]c3c2)c1. The molecule has 3 aromatic carbocycles.